The largest absolute Gasteiger partial charge is 0.382 e. The van der Waals surface area contributed by atoms with Gasteiger partial charge in [-0.25, -0.2) is 4.98 Å². The number of hydrogen-bond acceptors (Lipinski definition) is 4. The molecular formula is C8H7BrFN5. The van der Waals surface area contributed by atoms with Crippen LogP contribution < -0.4 is 5.73 Å². The van der Waals surface area contributed by atoms with E-state index in [1.165, 1.54) is 0 Å². The molecule has 0 aliphatic heterocycles. The van der Waals surface area contributed by atoms with E-state index in [0.29, 0.717) is 22.4 Å². The van der Waals surface area contributed by atoms with Gasteiger partial charge >= 0.3 is 6.08 Å². The van der Waals surface area contributed by atoms with Gasteiger partial charge in [0.05, 0.1) is 0 Å². The average Bonchev–Trinajstić information content (AvgIpc) is 2.46. The lowest BCUT2D eigenvalue weighted by atomic mass is 10.5. The van der Waals surface area contributed by atoms with Crippen LogP contribution in [0.1, 0.15) is 0 Å². The first-order chi connectivity index (χ1) is 7.13. The van der Waals surface area contributed by atoms with Gasteiger partial charge in [0.2, 0.25) is 0 Å². The molecule has 0 unspecified atom stereocenters. The Bertz CT molecular complexity index is 535. The lowest BCUT2D eigenvalue weighted by Gasteiger charge is -2.00. The number of aromatic nitrogens is 4. The fraction of sp³-hybridized carbons (Fsp3) is 0.125. The zero-order valence-corrected chi connectivity index (χ0v) is 9.20. The average molecular weight is 272 g/mol. The molecule has 5 nitrogen and oxygen atoms in total. The van der Waals surface area contributed by atoms with Crippen molar-refractivity contribution < 1.29 is 4.39 Å². The maximum Gasteiger partial charge on any atom is 0.312 e. The van der Waals surface area contributed by atoms with Crippen LogP contribution in [0.2, 0.25) is 0 Å². The maximum absolute atomic E-state index is 12.9. The van der Waals surface area contributed by atoms with Gasteiger partial charge in [-0.15, -0.1) is 6.58 Å². The van der Waals surface area contributed by atoms with Gasteiger partial charge < -0.3 is 5.73 Å². The quantitative estimate of drug-likeness (QED) is 0.511. The summed E-state index contributed by atoms with van der Waals surface area (Å²) in [6.07, 6.45) is 0.792. The van der Waals surface area contributed by atoms with E-state index < -0.39 is 6.08 Å². The SMILES string of the molecule is C=CCn1c(Br)nc2c(N)nc(F)nc21. The fourth-order valence-corrected chi connectivity index (χ4v) is 1.75. The van der Waals surface area contributed by atoms with Crippen molar-refractivity contribution in [3.63, 3.8) is 0 Å². The van der Waals surface area contributed by atoms with Gasteiger partial charge in [0.25, 0.3) is 0 Å². The minimum absolute atomic E-state index is 0.0287. The van der Waals surface area contributed by atoms with Crippen molar-refractivity contribution in [3.8, 4) is 0 Å². The zero-order chi connectivity index (χ0) is 11.0. The van der Waals surface area contributed by atoms with Crippen LogP contribution in [0.4, 0.5) is 10.2 Å². The van der Waals surface area contributed by atoms with E-state index in [1.54, 1.807) is 10.6 Å². The highest BCUT2D eigenvalue weighted by molar-refractivity contribution is 9.10. The Morgan fingerprint density at radius 1 is 1.47 bits per heavy atom. The smallest absolute Gasteiger partial charge is 0.312 e. The lowest BCUT2D eigenvalue weighted by Crippen LogP contribution is -2.01. The number of nitrogens with two attached hydrogens (primary N) is 1. The van der Waals surface area contributed by atoms with Crippen molar-refractivity contribution in [1.82, 2.24) is 19.5 Å². The van der Waals surface area contributed by atoms with Crippen LogP contribution in [0.3, 0.4) is 0 Å². The highest BCUT2D eigenvalue weighted by Crippen LogP contribution is 2.21. The number of fused-ring (bicyclic) bond motifs is 1. The molecule has 0 spiro atoms. The first-order valence-corrected chi connectivity index (χ1v) is 4.88. The molecule has 0 aliphatic carbocycles. The topological polar surface area (TPSA) is 69.6 Å². The van der Waals surface area contributed by atoms with E-state index in [1.807, 2.05) is 0 Å². The molecule has 2 rings (SSSR count). The van der Waals surface area contributed by atoms with Gasteiger partial charge in [-0.05, 0) is 15.9 Å². The van der Waals surface area contributed by atoms with Crippen LogP contribution in [0.25, 0.3) is 11.2 Å². The Hall–Kier alpha value is -1.50. The molecule has 2 heterocycles. The monoisotopic (exact) mass is 271 g/mol. The summed E-state index contributed by atoms with van der Waals surface area (Å²) in [4.78, 5) is 11.1. The van der Waals surface area contributed by atoms with Gasteiger partial charge in [0.15, 0.2) is 21.7 Å². The molecule has 2 aromatic heterocycles. The van der Waals surface area contributed by atoms with E-state index in [9.17, 15) is 4.39 Å². The van der Waals surface area contributed by atoms with Crippen molar-refractivity contribution in [2.45, 2.75) is 6.54 Å². The van der Waals surface area contributed by atoms with Crippen LogP contribution >= 0.6 is 15.9 Å². The standard InChI is InChI=1S/C8H7BrFN5/c1-2-3-15-6-4(12-7(15)9)5(11)13-8(10)14-6/h2H,1,3H2,(H2,11,13,14). The Morgan fingerprint density at radius 2 is 2.20 bits per heavy atom. The molecule has 0 saturated heterocycles. The number of nitrogens with zero attached hydrogens (tertiary/aromatic N) is 4. The van der Waals surface area contributed by atoms with Crippen LogP contribution in [-0.2, 0) is 6.54 Å². The van der Waals surface area contributed by atoms with Gasteiger partial charge in [-0.1, -0.05) is 6.08 Å². The number of halogens is 2. The van der Waals surface area contributed by atoms with Crippen LogP contribution in [0.15, 0.2) is 17.4 Å². The van der Waals surface area contributed by atoms with E-state index in [-0.39, 0.29) is 5.82 Å². The summed E-state index contributed by atoms with van der Waals surface area (Å²) in [7, 11) is 0. The summed E-state index contributed by atoms with van der Waals surface area (Å²) >= 11 is 3.23. The summed E-state index contributed by atoms with van der Waals surface area (Å²) in [6.45, 7) is 4.06. The Labute approximate surface area is 93.0 Å². The molecule has 2 N–H and O–H groups in total. The number of rotatable bonds is 2. The molecule has 7 heteroatoms. The number of hydrogen-bond donors (Lipinski definition) is 1. The molecule has 0 saturated carbocycles. The summed E-state index contributed by atoms with van der Waals surface area (Å²) in [6, 6.07) is 0. The minimum Gasteiger partial charge on any atom is -0.382 e. The fourth-order valence-electron chi connectivity index (χ4n) is 1.26. The van der Waals surface area contributed by atoms with Crippen molar-refractivity contribution in [2.24, 2.45) is 0 Å². The molecule has 2 aromatic rings. The molecular weight excluding hydrogens is 265 g/mol. The highest BCUT2D eigenvalue weighted by atomic mass is 79.9. The zero-order valence-electron chi connectivity index (χ0n) is 7.61. The Morgan fingerprint density at radius 3 is 2.87 bits per heavy atom. The maximum atomic E-state index is 12.9. The first-order valence-electron chi connectivity index (χ1n) is 4.09. The van der Waals surface area contributed by atoms with Gasteiger partial charge in [0.1, 0.15) is 0 Å². The van der Waals surface area contributed by atoms with E-state index in [2.05, 4.69) is 37.5 Å². The van der Waals surface area contributed by atoms with Crippen LogP contribution in [0, 0.1) is 6.08 Å². The normalized spacial score (nSPS) is 10.8. The second-order valence-corrected chi connectivity index (χ2v) is 3.54. The lowest BCUT2D eigenvalue weighted by molar-refractivity contribution is 0.543. The number of allylic oxidation sites excluding steroid dienone is 1. The first kappa shape index (κ1) is 10.0. The summed E-state index contributed by atoms with van der Waals surface area (Å²) in [5.74, 6) is 0.0287. The molecule has 0 radical (unpaired) electrons. The Kier molecular flexibility index (Phi) is 2.39. The Balaban J connectivity index is 2.80. The van der Waals surface area contributed by atoms with E-state index >= 15 is 0 Å². The molecule has 0 bridgehead atoms. The van der Waals surface area contributed by atoms with Crippen molar-refractivity contribution in [3.05, 3.63) is 23.5 Å². The molecule has 78 valence electrons. The van der Waals surface area contributed by atoms with Gasteiger partial charge in [-0.2, -0.15) is 14.4 Å². The highest BCUT2D eigenvalue weighted by Gasteiger charge is 2.13. The second-order valence-electron chi connectivity index (χ2n) is 2.83. The summed E-state index contributed by atoms with van der Waals surface area (Å²) in [5, 5.41) is 0. The summed E-state index contributed by atoms with van der Waals surface area (Å²) < 4.78 is 15.1. The van der Waals surface area contributed by atoms with Crippen molar-refractivity contribution in [1.29, 1.82) is 0 Å². The summed E-state index contributed by atoms with van der Waals surface area (Å²) in [5.41, 5.74) is 6.26. The van der Waals surface area contributed by atoms with Crippen molar-refractivity contribution >= 4 is 32.9 Å². The predicted octanol–water partition coefficient (Wildman–Crippen LogP) is 1.50. The predicted molar refractivity (Wildman–Crippen MR) is 57.6 cm³/mol. The molecule has 0 fully saturated rings. The molecule has 0 amide bonds. The molecule has 0 atom stereocenters. The third-order valence-corrected chi connectivity index (χ3v) is 2.46. The van der Waals surface area contributed by atoms with Crippen molar-refractivity contribution in [2.75, 3.05) is 5.73 Å². The van der Waals surface area contributed by atoms with Gasteiger partial charge in [0, 0.05) is 6.54 Å². The second kappa shape index (κ2) is 3.58. The molecule has 0 aliphatic rings. The molecule has 15 heavy (non-hydrogen) atoms. The van der Waals surface area contributed by atoms with Gasteiger partial charge in [-0.3, -0.25) is 4.57 Å². The third kappa shape index (κ3) is 1.58. The number of imidazole rings is 1. The number of nitrogen functional groups attached to an aromatic ring is 1. The number of anilines is 1. The molecule has 0 aromatic carbocycles. The van der Waals surface area contributed by atoms with E-state index in [4.69, 9.17) is 5.73 Å². The van der Waals surface area contributed by atoms with E-state index in [0.717, 1.165) is 0 Å². The van der Waals surface area contributed by atoms with Crippen LogP contribution in [-0.4, -0.2) is 19.5 Å². The third-order valence-electron chi connectivity index (χ3n) is 1.86. The minimum atomic E-state index is -0.863. The van der Waals surface area contributed by atoms with Crippen LogP contribution in [0.5, 0.6) is 0 Å².